The summed E-state index contributed by atoms with van der Waals surface area (Å²) in [6.07, 6.45) is 7.52. The van der Waals surface area contributed by atoms with Gasteiger partial charge in [-0.1, -0.05) is 13.0 Å². The lowest BCUT2D eigenvalue weighted by Crippen LogP contribution is -2.22. The minimum absolute atomic E-state index is 0.180. The lowest BCUT2D eigenvalue weighted by atomic mass is 9.89. The number of nitrogens with zero attached hydrogens (tertiary/aromatic N) is 1. The smallest absolute Gasteiger partial charge is 0.0367 e. The summed E-state index contributed by atoms with van der Waals surface area (Å²) in [5, 5.41) is 0. The van der Waals surface area contributed by atoms with Gasteiger partial charge in [-0.25, -0.2) is 0 Å². The molecule has 1 aromatic rings. The summed E-state index contributed by atoms with van der Waals surface area (Å²) in [5.74, 6) is 0. The molecule has 2 rings (SSSR count). The minimum atomic E-state index is 0.180. The fourth-order valence-electron chi connectivity index (χ4n) is 2.15. The Kier molecular flexibility index (Phi) is 2.31. The molecule has 0 radical (unpaired) electrons. The maximum Gasteiger partial charge on any atom is 0.0367 e. The maximum atomic E-state index is 6.27. The van der Waals surface area contributed by atoms with E-state index in [-0.39, 0.29) is 6.04 Å². The highest BCUT2D eigenvalue weighted by Crippen LogP contribution is 2.56. The molecule has 2 heteroatoms. The second kappa shape index (κ2) is 3.35. The quantitative estimate of drug-likeness (QED) is 0.795. The van der Waals surface area contributed by atoms with E-state index < -0.39 is 0 Å². The van der Waals surface area contributed by atoms with Crippen molar-refractivity contribution in [2.24, 2.45) is 11.1 Å². The van der Waals surface area contributed by atoms with E-state index in [1.54, 1.807) is 0 Å². The fraction of sp³-hybridized carbons (Fsp3) is 0.583. The van der Waals surface area contributed by atoms with Crippen LogP contribution in [0, 0.1) is 12.3 Å². The molecular weight excluding hydrogens is 172 g/mol. The van der Waals surface area contributed by atoms with Gasteiger partial charge in [-0.05, 0) is 42.7 Å². The first-order valence-electron chi connectivity index (χ1n) is 5.35. The van der Waals surface area contributed by atoms with E-state index in [0.29, 0.717) is 5.41 Å². The molecule has 2 N–H and O–H groups in total. The summed E-state index contributed by atoms with van der Waals surface area (Å²) in [5.41, 5.74) is 9.06. The lowest BCUT2D eigenvalue weighted by Gasteiger charge is -2.22. The first-order chi connectivity index (χ1) is 6.68. The monoisotopic (exact) mass is 190 g/mol. The first kappa shape index (κ1) is 9.66. The van der Waals surface area contributed by atoms with Crippen LogP contribution in [-0.2, 0) is 0 Å². The average molecular weight is 190 g/mol. The normalized spacial score (nSPS) is 20.5. The maximum absolute atomic E-state index is 6.27. The van der Waals surface area contributed by atoms with Gasteiger partial charge in [-0.3, -0.25) is 4.98 Å². The van der Waals surface area contributed by atoms with Crippen LogP contribution in [0.15, 0.2) is 18.5 Å². The molecule has 1 fully saturated rings. The Bertz CT molecular complexity index is 329. The van der Waals surface area contributed by atoms with Gasteiger partial charge in [0.25, 0.3) is 0 Å². The number of aryl methyl sites for hydroxylation is 1. The zero-order chi connectivity index (χ0) is 10.2. The molecule has 2 nitrogen and oxygen atoms in total. The van der Waals surface area contributed by atoms with E-state index in [1.807, 2.05) is 12.4 Å². The van der Waals surface area contributed by atoms with E-state index >= 15 is 0 Å². The Morgan fingerprint density at radius 2 is 2.21 bits per heavy atom. The SMILES string of the molecule is CCC1(C(N)c2cncc(C)c2)CC1. The number of aromatic nitrogens is 1. The van der Waals surface area contributed by atoms with E-state index in [9.17, 15) is 0 Å². The predicted molar refractivity (Wildman–Crippen MR) is 57.9 cm³/mol. The van der Waals surface area contributed by atoms with Gasteiger partial charge in [-0.15, -0.1) is 0 Å². The van der Waals surface area contributed by atoms with Crippen molar-refractivity contribution < 1.29 is 0 Å². The largest absolute Gasteiger partial charge is 0.323 e. The van der Waals surface area contributed by atoms with Crippen LogP contribution in [0.2, 0.25) is 0 Å². The summed E-state index contributed by atoms with van der Waals surface area (Å²) in [6, 6.07) is 2.34. The molecule has 1 heterocycles. The third-order valence-electron chi connectivity index (χ3n) is 3.51. The van der Waals surface area contributed by atoms with Crippen molar-refractivity contribution in [3.63, 3.8) is 0 Å². The lowest BCUT2D eigenvalue weighted by molar-refractivity contribution is 0.393. The second-order valence-corrected chi connectivity index (χ2v) is 4.49. The highest BCUT2D eigenvalue weighted by molar-refractivity contribution is 5.24. The van der Waals surface area contributed by atoms with E-state index in [0.717, 1.165) is 0 Å². The predicted octanol–water partition coefficient (Wildman–Crippen LogP) is 2.58. The molecule has 14 heavy (non-hydrogen) atoms. The number of rotatable bonds is 3. The zero-order valence-electron chi connectivity index (χ0n) is 8.96. The molecule has 76 valence electrons. The van der Waals surface area contributed by atoms with Crippen LogP contribution in [-0.4, -0.2) is 4.98 Å². The Morgan fingerprint density at radius 3 is 2.71 bits per heavy atom. The van der Waals surface area contributed by atoms with Crippen LogP contribution in [0.25, 0.3) is 0 Å². The molecule has 1 atom stereocenters. The van der Waals surface area contributed by atoms with Gasteiger partial charge in [0.2, 0.25) is 0 Å². The molecule has 1 unspecified atom stereocenters. The average Bonchev–Trinajstić information content (AvgIpc) is 2.97. The molecule has 0 aliphatic heterocycles. The third-order valence-corrected chi connectivity index (χ3v) is 3.51. The topological polar surface area (TPSA) is 38.9 Å². The standard InChI is InChI=1S/C12H18N2/c1-3-12(4-5-12)11(13)10-6-9(2)7-14-8-10/h6-8,11H,3-5,13H2,1-2H3. The summed E-state index contributed by atoms with van der Waals surface area (Å²) in [6.45, 7) is 4.30. The Balaban J connectivity index is 2.23. The van der Waals surface area contributed by atoms with Gasteiger partial charge in [0.05, 0.1) is 0 Å². The molecule has 0 saturated heterocycles. The van der Waals surface area contributed by atoms with Crippen molar-refractivity contribution in [2.75, 3.05) is 0 Å². The van der Waals surface area contributed by atoms with Crippen molar-refractivity contribution in [3.8, 4) is 0 Å². The fourth-order valence-corrected chi connectivity index (χ4v) is 2.15. The first-order valence-corrected chi connectivity index (χ1v) is 5.35. The van der Waals surface area contributed by atoms with E-state index in [4.69, 9.17) is 5.73 Å². The van der Waals surface area contributed by atoms with Crippen LogP contribution < -0.4 is 5.73 Å². The van der Waals surface area contributed by atoms with Crippen molar-refractivity contribution in [1.82, 2.24) is 4.98 Å². The number of hydrogen-bond donors (Lipinski definition) is 1. The van der Waals surface area contributed by atoms with Gasteiger partial charge in [0.1, 0.15) is 0 Å². The molecule has 1 aliphatic carbocycles. The van der Waals surface area contributed by atoms with Crippen molar-refractivity contribution >= 4 is 0 Å². The van der Waals surface area contributed by atoms with Gasteiger partial charge in [0, 0.05) is 18.4 Å². The molecule has 1 aromatic heterocycles. The van der Waals surface area contributed by atoms with Gasteiger partial charge < -0.3 is 5.73 Å². The van der Waals surface area contributed by atoms with Crippen LogP contribution >= 0.6 is 0 Å². The van der Waals surface area contributed by atoms with Crippen molar-refractivity contribution in [1.29, 1.82) is 0 Å². The number of hydrogen-bond acceptors (Lipinski definition) is 2. The van der Waals surface area contributed by atoms with Crippen LogP contribution in [0.3, 0.4) is 0 Å². The molecular formula is C12H18N2. The van der Waals surface area contributed by atoms with Crippen molar-refractivity contribution in [2.45, 2.75) is 39.2 Å². The van der Waals surface area contributed by atoms with Crippen LogP contribution in [0.4, 0.5) is 0 Å². The Morgan fingerprint density at radius 1 is 1.50 bits per heavy atom. The molecule has 0 aromatic carbocycles. The summed E-state index contributed by atoms with van der Waals surface area (Å²) in [7, 11) is 0. The van der Waals surface area contributed by atoms with E-state index in [1.165, 1.54) is 30.4 Å². The van der Waals surface area contributed by atoms with Gasteiger partial charge in [0.15, 0.2) is 0 Å². The molecule has 1 saturated carbocycles. The zero-order valence-corrected chi connectivity index (χ0v) is 8.96. The molecule has 1 aliphatic rings. The Labute approximate surface area is 85.5 Å². The summed E-state index contributed by atoms with van der Waals surface area (Å²) >= 11 is 0. The molecule has 0 amide bonds. The van der Waals surface area contributed by atoms with Gasteiger partial charge in [-0.2, -0.15) is 0 Å². The summed E-state index contributed by atoms with van der Waals surface area (Å²) < 4.78 is 0. The number of nitrogens with two attached hydrogens (primary N) is 1. The van der Waals surface area contributed by atoms with Crippen LogP contribution in [0.5, 0.6) is 0 Å². The van der Waals surface area contributed by atoms with Crippen LogP contribution in [0.1, 0.15) is 43.4 Å². The molecule has 0 bridgehead atoms. The highest BCUT2D eigenvalue weighted by Gasteiger charge is 2.46. The minimum Gasteiger partial charge on any atom is -0.323 e. The number of pyridine rings is 1. The summed E-state index contributed by atoms with van der Waals surface area (Å²) in [4.78, 5) is 4.20. The second-order valence-electron chi connectivity index (χ2n) is 4.49. The van der Waals surface area contributed by atoms with Gasteiger partial charge >= 0.3 is 0 Å². The van der Waals surface area contributed by atoms with E-state index in [2.05, 4.69) is 24.9 Å². The third kappa shape index (κ3) is 1.55. The highest BCUT2D eigenvalue weighted by atomic mass is 14.8. The Hall–Kier alpha value is -0.890. The van der Waals surface area contributed by atoms with Crippen molar-refractivity contribution in [3.05, 3.63) is 29.6 Å². The molecule has 0 spiro atoms.